The summed E-state index contributed by atoms with van der Waals surface area (Å²) in [5.41, 5.74) is 4.51. The zero-order valence-electron chi connectivity index (χ0n) is 12.0. The Balaban J connectivity index is 1.90. The van der Waals surface area contributed by atoms with Gasteiger partial charge in [-0.25, -0.2) is 0 Å². The van der Waals surface area contributed by atoms with E-state index in [4.69, 9.17) is 0 Å². The number of nitrogens with zero attached hydrogens (tertiary/aromatic N) is 2. The van der Waals surface area contributed by atoms with E-state index in [1.807, 2.05) is 6.92 Å². The molecule has 0 saturated heterocycles. The molecule has 1 N–H and O–H groups in total. The monoisotopic (exact) mass is 286 g/mol. The lowest BCUT2D eigenvalue weighted by molar-refractivity contribution is -0.384. The number of nitro benzene ring substituents is 1. The molecule has 0 aliphatic heterocycles. The maximum Gasteiger partial charge on any atom is 0.269 e. The molecule has 2 aromatic rings. The molecule has 1 unspecified atom stereocenters. The summed E-state index contributed by atoms with van der Waals surface area (Å²) in [5, 5.41) is 20.8. The predicted molar refractivity (Wildman–Crippen MR) is 79.3 cm³/mol. The molecule has 5 nitrogen and oxygen atoms in total. The van der Waals surface area contributed by atoms with E-state index in [9.17, 15) is 15.2 Å². The van der Waals surface area contributed by atoms with Crippen LogP contribution in [0.4, 0.5) is 5.69 Å². The van der Waals surface area contributed by atoms with Crippen LogP contribution in [-0.4, -0.2) is 14.6 Å². The highest BCUT2D eigenvalue weighted by atomic mass is 16.6. The molecule has 0 saturated carbocycles. The fourth-order valence-electron chi connectivity index (χ4n) is 3.07. The van der Waals surface area contributed by atoms with Gasteiger partial charge in [0.1, 0.15) is 0 Å². The zero-order chi connectivity index (χ0) is 15.0. The quantitative estimate of drug-likeness (QED) is 0.696. The van der Waals surface area contributed by atoms with Gasteiger partial charge in [-0.3, -0.25) is 10.1 Å². The average molecular weight is 286 g/mol. The van der Waals surface area contributed by atoms with E-state index in [0.29, 0.717) is 6.54 Å². The first-order valence-electron chi connectivity index (χ1n) is 7.16. The fraction of sp³-hybridized carbons (Fsp3) is 0.375. The molecule has 0 amide bonds. The summed E-state index contributed by atoms with van der Waals surface area (Å²) in [6, 6.07) is 8.72. The number of aliphatic hydroxyl groups excluding tert-OH is 1. The van der Waals surface area contributed by atoms with E-state index < -0.39 is 0 Å². The van der Waals surface area contributed by atoms with Crippen LogP contribution in [-0.2, 0) is 13.0 Å². The van der Waals surface area contributed by atoms with Gasteiger partial charge in [-0.05, 0) is 37.8 Å². The summed E-state index contributed by atoms with van der Waals surface area (Å²) in [4.78, 5) is 10.3. The van der Waals surface area contributed by atoms with Crippen molar-refractivity contribution >= 4 is 5.69 Å². The largest absolute Gasteiger partial charge is 0.388 e. The number of fused-ring (bicyclic) bond motifs is 1. The molecule has 0 spiro atoms. The van der Waals surface area contributed by atoms with Gasteiger partial charge < -0.3 is 9.67 Å². The molecule has 1 aromatic carbocycles. The molecule has 5 heteroatoms. The van der Waals surface area contributed by atoms with Gasteiger partial charge in [-0.2, -0.15) is 0 Å². The highest BCUT2D eigenvalue weighted by molar-refractivity contribution is 5.36. The van der Waals surface area contributed by atoms with Crippen LogP contribution in [0.2, 0.25) is 0 Å². The summed E-state index contributed by atoms with van der Waals surface area (Å²) in [6.45, 7) is 2.72. The summed E-state index contributed by atoms with van der Waals surface area (Å²) in [6.07, 6.45) is 2.45. The van der Waals surface area contributed by atoms with Crippen molar-refractivity contribution < 1.29 is 10.0 Å². The topological polar surface area (TPSA) is 68.3 Å². The number of aryl methyl sites for hydroxylation is 1. The average Bonchev–Trinajstić information content (AvgIpc) is 2.78. The third-order valence-corrected chi connectivity index (χ3v) is 4.19. The Kier molecular flexibility index (Phi) is 3.51. The molecular formula is C16H18N2O3. The Morgan fingerprint density at radius 1 is 1.38 bits per heavy atom. The van der Waals surface area contributed by atoms with E-state index in [1.54, 1.807) is 12.1 Å². The molecule has 21 heavy (non-hydrogen) atoms. The number of aliphatic hydroxyl groups is 1. The van der Waals surface area contributed by atoms with Gasteiger partial charge in [0.05, 0.1) is 11.0 Å². The summed E-state index contributed by atoms with van der Waals surface area (Å²) >= 11 is 0. The van der Waals surface area contributed by atoms with Crippen LogP contribution in [0.1, 0.15) is 41.5 Å². The van der Waals surface area contributed by atoms with Crippen molar-refractivity contribution in [1.82, 2.24) is 4.57 Å². The van der Waals surface area contributed by atoms with Crippen LogP contribution in [0.15, 0.2) is 30.3 Å². The number of aromatic nitrogens is 1. The van der Waals surface area contributed by atoms with Crippen molar-refractivity contribution in [2.75, 3.05) is 0 Å². The van der Waals surface area contributed by atoms with Crippen LogP contribution in [0.5, 0.6) is 0 Å². The van der Waals surface area contributed by atoms with Gasteiger partial charge >= 0.3 is 0 Å². The highest BCUT2D eigenvalue weighted by Crippen LogP contribution is 2.32. The highest BCUT2D eigenvalue weighted by Gasteiger charge is 2.23. The second kappa shape index (κ2) is 5.33. The minimum Gasteiger partial charge on any atom is -0.388 e. The van der Waals surface area contributed by atoms with Gasteiger partial charge in [0.2, 0.25) is 0 Å². The summed E-state index contributed by atoms with van der Waals surface area (Å²) < 4.78 is 2.21. The van der Waals surface area contributed by atoms with Crippen molar-refractivity contribution in [1.29, 1.82) is 0 Å². The second-order valence-corrected chi connectivity index (χ2v) is 5.61. The van der Waals surface area contributed by atoms with E-state index in [1.165, 1.54) is 17.8 Å². The molecule has 1 heterocycles. The number of non-ortho nitro benzene ring substituents is 1. The van der Waals surface area contributed by atoms with Gasteiger partial charge in [0.15, 0.2) is 0 Å². The molecule has 1 aliphatic rings. The van der Waals surface area contributed by atoms with E-state index in [2.05, 4.69) is 10.6 Å². The first-order chi connectivity index (χ1) is 10.1. The number of hydrogen-bond acceptors (Lipinski definition) is 3. The summed E-state index contributed by atoms with van der Waals surface area (Å²) in [5.74, 6) is 0. The molecule has 110 valence electrons. The maximum atomic E-state index is 10.7. The molecule has 0 radical (unpaired) electrons. The summed E-state index contributed by atoms with van der Waals surface area (Å²) in [7, 11) is 0. The van der Waals surface area contributed by atoms with E-state index in [-0.39, 0.29) is 16.7 Å². The molecule has 1 aromatic heterocycles. The van der Waals surface area contributed by atoms with Crippen molar-refractivity contribution in [3.8, 4) is 0 Å². The van der Waals surface area contributed by atoms with Crippen molar-refractivity contribution in [3.05, 3.63) is 63.0 Å². The van der Waals surface area contributed by atoms with Gasteiger partial charge in [0.25, 0.3) is 5.69 Å². The predicted octanol–water partition coefficient (Wildman–Crippen LogP) is 3.12. The molecule has 0 bridgehead atoms. The molecular weight excluding hydrogens is 268 g/mol. The lowest BCUT2D eigenvalue weighted by Gasteiger charge is -2.20. The number of benzene rings is 1. The van der Waals surface area contributed by atoms with Crippen molar-refractivity contribution in [2.45, 2.75) is 38.8 Å². The normalized spacial score (nSPS) is 17.5. The Morgan fingerprint density at radius 2 is 2.10 bits per heavy atom. The number of hydrogen-bond donors (Lipinski definition) is 1. The van der Waals surface area contributed by atoms with Gasteiger partial charge in [-0.15, -0.1) is 0 Å². The third kappa shape index (κ3) is 2.56. The van der Waals surface area contributed by atoms with Gasteiger partial charge in [-0.1, -0.05) is 12.1 Å². The molecule has 1 atom stereocenters. The van der Waals surface area contributed by atoms with E-state index >= 15 is 0 Å². The smallest absolute Gasteiger partial charge is 0.269 e. The standard InChI is InChI=1S/C16H18N2O3/c1-11-9-14-15(3-2-4-16(14)19)17(11)10-12-5-7-13(8-6-12)18(20)21/h5-9,16,19H,2-4,10H2,1H3. The van der Waals surface area contributed by atoms with Crippen LogP contribution < -0.4 is 0 Å². The zero-order valence-corrected chi connectivity index (χ0v) is 12.0. The Bertz CT molecular complexity index is 674. The second-order valence-electron chi connectivity index (χ2n) is 5.61. The van der Waals surface area contributed by atoms with Crippen LogP contribution in [0.3, 0.4) is 0 Å². The van der Waals surface area contributed by atoms with Crippen LogP contribution in [0, 0.1) is 17.0 Å². The maximum absolute atomic E-state index is 10.7. The molecule has 1 aliphatic carbocycles. The molecule has 0 fully saturated rings. The molecule has 3 rings (SSSR count). The van der Waals surface area contributed by atoms with Crippen molar-refractivity contribution in [2.24, 2.45) is 0 Å². The minimum absolute atomic E-state index is 0.112. The number of rotatable bonds is 3. The fourth-order valence-corrected chi connectivity index (χ4v) is 3.07. The number of nitro groups is 1. The Morgan fingerprint density at radius 3 is 2.76 bits per heavy atom. The van der Waals surface area contributed by atoms with E-state index in [0.717, 1.165) is 36.1 Å². The van der Waals surface area contributed by atoms with Gasteiger partial charge in [0, 0.05) is 35.6 Å². The Labute approximate surface area is 123 Å². The SMILES string of the molecule is Cc1cc2c(n1Cc1ccc([N+](=O)[O-])cc1)CCCC2O. The minimum atomic E-state index is -0.386. The lowest BCUT2D eigenvalue weighted by Crippen LogP contribution is -2.13. The Hall–Kier alpha value is -2.14. The first kappa shape index (κ1) is 13.8. The van der Waals surface area contributed by atoms with Crippen LogP contribution in [0.25, 0.3) is 0 Å². The third-order valence-electron chi connectivity index (χ3n) is 4.19. The lowest BCUT2D eigenvalue weighted by atomic mass is 9.95. The first-order valence-corrected chi connectivity index (χ1v) is 7.16. The van der Waals surface area contributed by atoms with Crippen molar-refractivity contribution in [3.63, 3.8) is 0 Å². The van der Waals surface area contributed by atoms with Crippen LogP contribution >= 0.6 is 0 Å².